The Kier molecular flexibility index (Phi) is 4.94. The number of ketones is 1. The van der Waals surface area contributed by atoms with Gasteiger partial charge in [-0.15, -0.1) is 0 Å². The summed E-state index contributed by atoms with van der Waals surface area (Å²) in [7, 11) is 0. The van der Waals surface area contributed by atoms with Crippen LogP contribution in [0.25, 0.3) is 11.1 Å². The van der Waals surface area contributed by atoms with Crippen LogP contribution in [0, 0.1) is 13.8 Å². The topological polar surface area (TPSA) is 66.7 Å². The molecule has 1 aliphatic heterocycles. The smallest absolute Gasteiger partial charge is 0.254 e. The Bertz CT molecular complexity index is 1160. The van der Waals surface area contributed by atoms with Crippen molar-refractivity contribution in [3.05, 3.63) is 76.2 Å². The Balaban J connectivity index is 1.37. The van der Waals surface area contributed by atoms with E-state index in [2.05, 4.69) is 10.1 Å². The number of carbonyl (C=O) groups is 2. The van der Waals surface area contributed by atoms with Crippen LogP contribution >= 0.6 is 0 Å². The predicted octanol–water partition coefficient (Wildman–Crippen LogP) is 3.85. The molecule has 3 aromatic rings. The summed E-state index contributed by atoms with van der Waals surface area (Å²) in [6, 6.07) is 13.0. The van der Waals surface area contributed by atoms with E-state index in [1.165, 1.54) is 0 Å². The highest BCUT2D eigenvalue weighted by molar-refractivity contribution is 6.24. The average Bonchev–Trinajstić information content (AvgIpc) is 3.14. The highest BCUT2D eigenvalue weighted by atomic mass is 16.5. The number of hydrogen-bond donors (Lipinski definition) is 0. The van der Waals surface area contributed by atoms with Crippen LogP contribution in [0.15, 0.2) is 47.0 Å². The van der Waals surface area contributed by atoms with Crippen LogP contribution in [-0.4, -0.2) is 52.8 Å². The van der Waals surface area contributed by atoms with Gasteiger partial charge in [-0.2, -0.15) is 0 Å². The summed E-state index contributed by atoms with van der Waals surface area (Å²) in [5.41, 5.74) is 5.64. The summed E-state index contributed by atoms with van der Waals surface area (Å²) in [6.07, 6.45) is 0.902. The SMILES string of the molecule is Cc1noc(C)c1CN1CCCN(C(=O)c2cccc3c2-c2ccccc2C3=O)CC1. The molecule has 1 fully saturated rings. The highest BCUT2D eigenvalue weighted by Crippen LogP contribution is 2.39. The number of carbonyl (C=O) groups excluding carboxylic acids is 2. The van der Waals surface area contributed by atoms with Crippen molar-refractivity contribution in [1.29, 1.82) is 0 Å². The maximum atomic E-state index is 13.5. The van der Waals surface area contributed by atoms with Gasteiger partial charge in [-0.3, -0.25) is 14.5 Å². The summed E-state index contributed by atoms with van der Waals surface area (Å²) >= 11 is 0. The zero-order valence-corrected chi connectivity index (χ0v) is 17.9. The van der Waals surface area contributed by atoms with Crippen LogP contribution in [0.3, 0.4) is 0 Å². The first-order valence-electron chi connectivity index (χ1n) is 10.7. The number of aryl methyl sites for hydroxylation is 2. The maximum Gasteiger partial charge on any atom is 0.254 e. The minimum absolute atomic E-state index is 0.000502. The fourth-order valence-corrected chi connectivity index (χ4v) is 4.71. The third kappa shape index (κ3) is 3.37. The lowest BCUT2D eigenvalue weighted by Gasteiger charge is -2.23. The van der Waals surface area contributed by atoms with Crippen LogP contribution in [0.2, 0.25) is 0 Å². The molecule has 0 N–H and O–H groups in total. The summed E-state index contributed by atoms with van der Waals surface area (Å²) in [5.74, 6) is 0.861. The van der Waals surface area contributed by atoms with E-state index < -0.39 is 0 Å². The predicted molar refractivity (Wildman–Crippen MR) is 117 cm³/mol. The Labute approximate surface area is 181 Å². The molecule has 1 amide bonds. The fraction of sp³-hybridized carbons (Fsp3) is 0.320. The van der Waals surface area contributed by atoms with Gasteiger partial charge in [0, 0.05) is 60.5 Å². The molecule has 1 aromatic heterocycles. The van der Waals surface area contributed by atoms with Crippen LogP contribution < -0.4 is 0 Å². The molecule has 0 radical (unpaired) electrons. The van der Waals surface area contributed by atoms with Gasteiger partial charge in [0.05, 0.1) is 5.69 Å². The second-order valence-electron chi connectivity index (χ2n) is 8.33. The van der Waals surface area contributed by atoms with Crippen molar-refractivity contribution in [2.75, 3.05) is 26.2 Å². The van der Waals surface area contributed by atoms with Crippen molar-refractivity contribution in [2.45, 2.75) is 26.8 Å². The standard InChI is InChI=1S/C25H25N3O3/c1-16-22(17(2)31-26-16)15-27-11-6-12-28(14-13-27)25(30)21-10-5-9-20-23(21)18-7-3-4-8-19(18)24(20)29/h3-5,7-10H,6,11-15H2,1-2H3. The van der Waals surface area contributed by atoms with Gasteiger partial charge >= 0.3 is 0 Å². The van der Waals surface area contributed by atoms with E-state index in [0.29, 0.717) is 29.8 Å². The first kappa shape index (κ1) is 19.7. The lowest BCUT2D eigenvalue weighted by molar-refractivity contribution is 0.0762. The van der Waals surface area contributed by atoms with Gasteiger partial charge in [0.25, 0.3) is 5.91 Å². The Hall–Kier alpha value is -3.25. The molecule has 0 unspecified atom stereocenters. The molecule has 2 aliphatic rings. The van der Waals surface area contributed by atoms with Crippen molar-refractivity contribution in [3.8, 4) is 11.1 Å². The number of benzene rings is 2. The van der Waals surface area contributed by atoms with Gasteiger partial charge in [-0.05, 0) is 31.9 Å². The second-order valence-corrected chi connectivity index (χ2v) is 8.33. The molecule has 5 rings (SSSR count). The molecule has 0 atom stereocenters. The Morgan fingerprint density at radius 2 is 1.74 bits per heavy atom. The molecule has 6 heteroatoms. The van der Waals surface area contributed by atoms with Crippen molar-refractivity contribution in [3.63, 3.8) is 0 Å². The van der Waals surface area contributed by atoms with Crippen molar-refractivity contribution in [2.24, 2.45) is 0 Å². The van der Waals surface area contributed by atoms with E-state index in [-0.39, 0.29) is 11.7 Å². The molecule has 31 heavy (non-hydrogen) atoms. The lowest BCUT2D eigenvalue weighted by atomic mass is 9.98. The van der Waals surface area contributed by atoms with Crippen LogP contribution in [0.4, 0.5) is 0 Å². The quantitative estimate of drug-likeness (QED) is 0.508. The van der Waals surface area contributed by atoms with E-state index in [4.69, 9.17) is 4.52 Å². The summed E-state index contributed by atoms with van der Waals surface area (Å²) in [6.45, 7) is 7.76. The summed E-state index contributed by atoms with van der Waals surface area (Å²) in [5, 5.41) is 4.05. The second kappa shape index (κ2) is 7.78. The molecule has 158 valence electrons. The molecule has 0 saturated carbocycles. The molecule has 1 saturated heterocycles. The summed E-state index contributed by atoms with van der Waals surface area (Å²) < 4.78 is 5.30. The van der Waals surface area contributed by atoms with Crippen LogP contribution in [0.1, 0.15) is 49.7 Å². The monoisotopic (exact) mass is 415 g/mol. The average molecular weight is 415 g/mol. The minimum atomic E-state index is 0.000502. The normalized spacial score (nSPS) is 16.2. The number of rotatable bonds is 3. The number of aromatic nitrogens is 1. The largest absolute Gasteiger partial charge is 0.361 e. The fourth-order valence-electron chi connectivity index (χ4n) is 4.71. The van der Waals surface area contributed by atoms with E-state index in [9.17, 15) is 9.59 Å². The van der Waals surface area contributed by atoms with E-state index in [0.717, 1.165) is 54.2 Å². The first-order valence-corrected chi connectivity index (χ1v) is 10.7. The van der Waals surface area contributed by atoms with Gasteiger partial charge in [0.15, 0.2) is 5.78 Å². The van der Waals surface area contributed by atoms with Gasteiger partial charge < -0.3 is 9.42 Å². The highest BCUT2D eigenvalue weighted by Gasteiger charge is 2.32. The Morgan fingerprint density at radius 3 is 2.52 bits per heavy atom. The van der Waals surface area contributed by atoms with Crippen molar-refractivity contribution >= 4 is 11.7 Å². The van der Waals surface area contributed by atoms with Crippen LogP contribution in [-0.2, 0) is 6.54 Å². The molecule has 1 aliphatic carbocycles. The number of hydrogen-bond acceptors (Lipinski definition) is 5. The number of fused-ring (bicyclic) bond motifs is 3. The third-order valence-electron chi connectivity index (χ3n) is 6.42. The molecule has 2 aromatic carbocycles. The first-order chi connectivity index (χ1) is 15.0. The Morgan fingerprint density at radius 1 is 0.968 bits per heavy atom. The van der Waals surface area contributed by atoms with E-state index in [1.54, 1.807) is 0 Å². The minimum Gasteiger partial charge on any atom is -0.361 e. The summed E-state index contributed by atoms with van der Waals surface area (Å²) in [4.78, 5) is 30.6. The van der Waals surface area contributed by atoms with E-state index in [1.807, 2.05) is 61.2 Å². The molecule has 6 nitrogen and oxygen atoms in total. The van der Waals surface area contributed by atoms with Crippen molar-refractivity contribution < 1.29 is 14.1 Å². The van der Waals surface area contributed by atoms with Gasteiger partial charge in [0.1, 0.15) is 5.76 Å². The van der Waals surface area contributed by atoms with E-state index >= 15 is 0 Å². The molecular weight excluding hydrogens is 390 g/mol. The van der Waals surface area contributed by atoms with Gasteiger partial charge in [0.2, 0.25) is 0 Å². The zero-order valence-electron chi connectivity index (χ0n) is 17.9. The lowest BCUT2D eigenvalue weighted by Crippen LogP contribution is -2.35. The number of amides is 1. The number of nitrogens with zero attached hydrogens (tertiary/aromatic N) is 3. The van der Waals surface area contributed by atoms with Gasteiger partial charge in [-0.1, -0.05) is 41.6 Å². The molecule has 2 heterocycles. The zero-order chi connectivity index (χ0) is 21.5. The maximum absolute atomic E-state index is 13.5. The van der Waals surface area contributed by atoms with Crippen LogP contribution in [0.5, 0.6) is 0 Å². The third-order valence-corrected chi connectivity index (χ3v) is 6.42. The van der Waals surface area contributed by atoms with Crippen molar-refractivity contribution in [1.82, 2.24) is 15.0 Å². The molecular formula is C25H25N3O3. The van der Waals surface area contributed by atoms with Gasteiger partial charge in [-0.25, -0.2) is 0 Å². The molecule has 0 bridgehead atoms. The molecule has 0 spiro atoms.